The molecule has 0 radical (unpaired) electrons. The number of carbonyl (C=O) groups excluding carboxylic acids is 6. The Morgan fingerprint density at radius 1 is 0.797 bits per heavy atom. The van der Waals surface area contributed by atoms with Gasteiger partial charge in [-0.25, -0.2) is 24.0 Å². The maximum atomic E-state index is 14.0. The highest BCUT2D eigenvalue weighted by Crippen LogP contribution is 2.44. The number of alkyl carbamates (subject to hydrolysis) is 1. The largest absolute Gasteiger partial charge is 0.490 e. The standard InChI is InChI=1S/C45H62N8O9.C2HF3O2/c1-28(2)38(51-42(57)62-45(3,4)5)40(55)50-37(18-13-21-48-41(46)56)39(54)49-31-20-19-29(26-60-43(58)52(7)23-22-47-6)30(24-31)25-53(8)44(59)61-27-36-34-16-11-9-14-32(34)33-15-10-12-17-35(33)36;3-2(4,5)1(6)7/h9-12,14-17,19-20,24,28,36-38,47H,13,18,21-23,25-27H2,1-8H3,(H,49,54)(H,50,55)(H,51,57)(H3,46,48,56);(H,6,7)/t37-,38-;/m0./s1. The first kappa shape index (κ1) is 56.2. The van der Waals surface area contributed by atoms with Crippen molar-refractivity contribution in [2.45, 2.75) is 90.4 Å². The number of halogens is 3. The quantitative estimate of drug-likeness (QED) is 0.0547. The number of fused-ring (bicyclic) bond motifs is 3. The summed E-state index contributed by atoms with van der Waals surface area (Å²) in [5, 5.41) is 20.8. The Kier molecular flexibility index (Phi) is 21.1. The van der Waals surface area contributed by atoms with Gasteiger partial charge in [-0.15, -0.1) is 0 Å². The van der Waals surface area contributed by atoms with E-state index in [1.165, 1.54) is 9.80 Å². The average molecular weight is 973 g/mol. The highest BCUT2D eigenvalue weighted by Gasteiger charge is 2.38. The van der Waals surface area contributed by atoms with E-state index in [0.29, 0.717) is 29.9 Å². The monoisotopic (exact) mass is 972 g/mol. The van der Waals surface area contributed by atoms with Gasteiger partial charge in [-0.2, -0.15) is 13.2 Å². The van der Waals surface area contributed by atoms with Crippen LogP contribution in [-0.2, 0) is 41.7 Å². The minimum atomic E-state index is -5.08. The van der Waals surface area contributed by atoms with Crippen LogP contribution in [-0.4, -0.2) is 128 Å². The lowest BCUT2D eigenvalue weighted by Gasteiger charge is -2.27. The predicted molar refractivity (Wildman–Crippen MR) is 249 cm³/mol. The van der Waals surface area contributed by atoms with Crippen LogP contribution in [0.2, 0.25) is 0 Å². The lowest BCUT2D eigenvalue weighted by atomic mass is 9.98. The highest BCUT2D eigenvalue weighted by molar-refractivity contribution is 5.98. The molecule has 3 aromatic carbocycles. The van der Waals surface area contributed by atoms with Gasteiger partial charge in [-0.05, 0) is 92.1 Å². The number of nitrogens with two attached hydrogens (primary N) is 1. The molecule has 3 aromatic rings. The molecule has 4 rings (SSSR count). The zero-order chi connectivity index (χ0) is 51.6. The Morgan fingerprint density at radius 3 is 1.91 bits per heavy atom. The number of likely N-dealkylation sites (N-methyl/N-ethyl adjacent to an activating group) is 2. The van der Waals surface area contributed by atoms with Crippen LogP contribution >= 0.6 is 0 Å². The summed E-state index contributed by atoms with van der Waals surface area (Å²) in [6, 6.07) is 18.2. The first-order chi connectivity index (χ1) is 32.3. The van der Waals surface area contributed by atoms with Crippen molar-refractivity contribution >= 4 is 47.8 Å². The molecule has 0 saturated heterocycles. The molecule has 1 aliphatic rings. The van der Waals surface area contributed by atoms with Gasteiger partial charge < -0.3 is 61.4 Å². The number of amides is 7. The number of aliphatic carboxylic acids is 1. The van der Waals surface area contributed by atoms with Crippen molar-refractivity contribution in [1.29, 1.82) is 0 Å². The first-order valence-corrected chi connectivity index (χ1v) is 22.0. The molecular weight excluding hydrogens is 910 g/mol. The number of hydrogen-bond acceptors (Lipinski definition) is 11. The normalized spacial score (nSPS) is 12.7. The number of ether oxygens (including phenoxy) is 3. The fourth-order valence-electron chi connectivity index (χ4n) is 6.88. The van der Waals surface area contributed by atoms with Crippen molar-refractivity contribution in [2.75, 3.05) is 52.7 Å². The number of primary amides is 1. The van der Waals surface area contributed by atoms with Gasteiger partial charge in [0.25, 0.3) is 0 Å². The molecule has 7 amide bonds. The van der Waals surface area contributed by atoms with Gasteiger partial charge >= 0.3 is 36.5 Å². The molecule has 8 N–H and O–H groups in total. The number of anilines is 1. The fourth-order valence-corrected chi connectivity index (χ4v) is 6.88. The molecular formula is C47H63F3N8O11. The van der Waals surface area contributed by atoms with Crippen molar-refractivity contribution in [2.24, 2.45) is 11.7 Å². The number of carboxylic acids is 1. The summed E-state index contributed by atoms with van der Waals surface area (Å²) in [5.74, 6) is -4.47. The zero-order valence-electron chi connectivity index (χ0n) is 40.0. The SMILES string of the molecule is CNCCN(C)C(=O)OCc1ccc(NC(=O)[C@H](CCCNC(N)=O)NC(=O)[C@@H](NC(=O)OC(C)(C)C)C(C)C)cc1CN(C)C(=O)OCC1c2ccccc2-c2ccccc21.O=C(O)C(F)(F)F. The molecule has 0 heterocycles. The second-order valence-electron chi connectivity index (χ2n) is 17.4. The molecule has 1 aliphatic carbocycles. The summed E-state index contributed by atoms with van der Waals surface area (Å²) in [6.07, 6.45) is -6.62. The van der Waals surface area contributed by atoms with E-state index >= 15 is 0 Å². The molecule has 69 heavy (non-hydrogen) atoms. The smallest absolute Gasteiger partial charge is 0.475 e. The zero-order valence-corrected chi connectivity index (χ0v) is 40.0. The molecule has 0 aliphatic heterocycles. The summed E-state index contributed by atoms with van der Waals surface area (Å²) in [7, 11) is 5.00. The topological polar surface area (TPSA) is 260 Å². The molecule has 19 nitrogen and oxygen atoms in total. The van der Waals surface area contributed by atoms with E-state index in [1.54, 1.807) is 74.0 Å². The van der Waals surface area contributed by atoms with E-state index in [0.717, 1.165) is 22.3 Å². The number of benzene rings is 3. The van der Waals surface area contributed by atoms with Crippen molar-refractivity contribution in [3.63, 3.8) is 0 Å². The van der Waals surface area contributed by atoms with Crippen LogP contribution < -0.4 is 32.3 Å². The van der Waals surface area contributed by atoms with E-state index in [2.05, 4.69) is 38.7 Å². The van der Waals surface area contributed by atoms with Crippen LogP contribution in [0.15, 0.2) is 66.7 Å². The third-order valence-corrected chi connectivity index (χ3v) is 10.4. The van der Waals surface area contributed by atoms with E-state index in [-0.39, 0.29) is 51.0 Å². The minimum absolute atomic E-state index is 0.0220. The minimum Gasteiger partial charge on any atom is -0.475 e. The lowest BCUT2D eigenvalue weighted by Crippen LogP contribution is -2.55. The van der Waals surface area contributed by atoms with Gasteiger partial charge in [-0.3, -0.25) is 9.59 Å². The summed E-state index contributed by atoms with van der Waals surface area (Å²) in [5.41, 5.74) is 10.2. The van der Waals surface area contributed by atoms with Crippen LogP contribution in [0.5, 0.6) is 0 Å². The fraction of sp³-hybridized carbons (Fsp3) is 0.468. The van der Waals surface area contributed by atoms with Gasteiger partial charge in [0.2, 0.25) is 11.8 Å². The maximum Gasteiger partial charge on any atom is 0.490 e. The predicted octanol–water partition coefficient (Wildman–Crippen LogP) is 5.91. The van der Waals surface area contributed by atoms with E-state index in [9.17, 15) is 41.9 Å². The molecule has 2 atom stereocenters. The molecule has 0 bridgehead atoms. The van der Waals surface area contributed by atoms with Gasteiger partial charge in [-0.1, -0.05) is 68.4 Å². The number of rotatable bonds is 19. The third-order valence-electron chi connectivity index (χ3n) is 10.4. The third kappa shape index (κ3) is 18.1. The van der Waals surface area contributed by atoms with Crippen molar-refractivity contribution in [3.05, 3.63) is 89.0 Å². The van der Waals surface area contributed by atoms with Gasteiger partial charge in [0.1, 0.15) is 30.9 Å². The second kappa shape index (κ2) is 25.9. The summed E-state index contributed by atoms with van der Waals surface area (Å²) in [4.78, 5) is 89.7. The number of nitrogens with one attached hydrogen (secondary N) is 5. The highest BCUT2D eigenvalue weighted by atomic mass is 19.4. The van der Waals surface area contributed by atoms with Crippen LogP contribution in [0.1, 0.15) is 75.6 Å². The van der Waals surface area contributed by atoms with Crippen LogP contribution in [0.4, 0.5) is 38.0 Å². The van der Waals surface area contributed by atoms with Crippen LogP contribution in [0, 0.1) is 5.92 Å². The number of carbonyl (C=O) groups is 7. The Bertz CT molecular complexity index is 2230. The Hall–Kier alpha value is -7.10. The van der Waals surface area contributed by atoms with Gasteiger partial charge in [0.05, 0.1) is 0 Å². The average Bonchev–Trinajstić information content (AvgIpc) is 3.59. The molecule has 22 heteroatoms. The second-order valence-corrected chi connectivity index (χ2v) is 17.4. The van der Waals surface area contributed by atoms with E-state index in [1.807, 2.05) is 36.4 Å². The number of hydrogen-bond donors (Lipinski definition) is 7. The van der Waals surface area contributed by atoms with Crippen molar-refractivity contribution in [3.8, 4) is 11.1 Å². The molecule has 0 fully saturated rings. The van der Waals surface area contributed by atoms with Gasteiger partial charge in [0.15, 0.2) is 0 Å². The Morgan fingerprint density at radius 2 is 1.38 bits per heavy atom. The molecule has 0 saturated carbocycles. The number of alkyl halides is 3. The molecule has 0 aromatic heterocycles. The lowest BCUT2D eigenvalue weighted by molar-refractivity contribution is -0.192. The Labute approximate surface area is 398 Å². The number of urea groups is 1. The van der Waals surface area contributed by atoms with Gasteiger partial charge in [0, 0.05) is 51.9 Å². The number of nitrogens with zero attached hydrogens (tertiary/aromatic N) is 2. The summed E-state index contributed by atoms with van der Waals surface area (Å²) in [6.45, 7) is 9.73. The number of carboxylic acid groups (broad SMARTS) is 1. The summed E-state index contributed by atoms with van der Waals surface area (Å²) >= 11 is 0. The van der Waals surface area contributed by atoms with E-state index in [4.69, 9.17) is 29.8 Å². The first-order valence-electron chi connectivity index (χ1n) is 22.0. The maximum absolute atomic E-state index is 14.0. The molecule has 0 spiro atoms. The van der Waals surface area contributed by atoms with E-state index < -0.39 is 66.0 Å². The van der Waals surface area contributed by atoms with Crippen molar-refractivity contribution < 1.29 is 66.1 Å². The molecule has 0 unspecified atom stereocenters. The molecule has 378 valence electrons. The Balaban J connectivity index is 0.00000167. The van der Waals surface area contributed by atoms with Crippen LogP contribution in [0.25, 0.3) is 11.1 Å². The summed E-state index contributed by atoms with van der Waals surface area (Å²) < 4.78 is 48.6. The van der Waals surface area contributed by atoms with Crippen LogP contribution in [0.3, 0.4) is 0 Å². The van der Waals surface area contributed by atoms with Crippen molar-refractivity contribution in [1.82, 2.24) is 31.1 Å².